The number of alkyl halides is 1. The Bertz CT molecular complexity index is 2110. The number of benzene rings is 2. The van der Waals surface area contributed by atoms with Crippen LogP contribution in [0.15, 0.2) is 48.7 Å². The molecule has 3 N–H and O–H groups in total. The number of sulfonamides is 1. The Balaban J connectivity index is 1.31. The van der Waals surface area contributed by atoms with E-state index in [-0.39, 0.29) is 35.1 Å². The number of fused-ring (bicyclic) bond motifs is 1. The predicted octanol–water partition coefficient (Wildman–Crippen LogP) is 4.14. The number of halogens is 2. The Labute approximate surface area is 333 Å². The molecule has 4 amide bonds. The highest BCUT2D eigenvalue weighted by molar-refractivity contribution is 14.1. The summed E-state index contributed by atoms with van der Waals surface area (Å²) in [5, 5.41) is 7.26. The Morgan fingerprint density at radius 2 is 1.80 bits per heavy atom. The lowest BCUT2D eigenvalue weighted by Gasteiger charge is -2.36. The highest BCUT2D eigenvalue weighted by Crippen LogP contribution is 2.45. The minimum atomic E-state index is -3.87. The molecule has 1 aromatic heterocycles. The molecule has 17 heteroatoms. The number of anilines is 1. The summed E-state index contributed by atoms with van der Waals surface area (Å²) in [5.74, 6) is -1.28. The number of amides is 4. The van der Waals surface area contributed by atoms with Gasteiger partial charge in [-0.25, -0.2) is 13.4 Å². The third kappa shape index (κ3) is 8.20. The van der Waals surface area contributed by atoms with Crippen molar-refractivity contribution in [3.8, 4) is 11.6 Å². The first-order valence-electron chi connectivity index (χ1n) is 17.5. The summed E-state index contributed by atoms with van der Waals surface area (Å²) in [6.07, 6.45) is 2.02. The summed E-state index contributed by atoms with van der Waals surface area (Å²) in [4.78, 5) is 62.7. The van der Waals surface area contributed by atoms with Gasteiger partial charge in [-0.1, -0.05) is 61.0 Å². The van der Waals surface area contributed by atoms with Crippen LogP contribution in [0.25, 0.3) is 10.8 Å². The molecule has 3 aromatic rings. The third-order valence-corrected chi connectivity index (χ3v) is 13.4. The van der Waals surface area contributed by atoms with E-state index in [1.807, 2.05) is 43.4 Å². The Morgan fingerprint density at radius 1 is 1.09 bits per heavy atom. The van der Waals surface area contributed by atoms with Gasteiger partial charge in [0.15, 0.2) is 0 Å². The van der Waals surface area contributed by atoms with Crippen molar-refractivity contribution in [3.05, 3.63) is 59.2 Å². The van der Waals surface area contributed by atoms with Gasteiger partial charge in [0.05, 0.1) is 25.1 Å². The Morgan fingerprint density at radius 3 is 2.41 bits per heavy atom. The quantitative estimate of drug-likeness (QED) is 0.177. The molecule has 290 valence electrons. The summed E-state index contributed by atoms with van der Waals surface area (Å²) >= 11 is 8.38. The summed E-state index contributed by atoms with van der Waals surface area (Å²) in [6.45, 7) is 5.65. The van der Waals surface area contributed by atoms with E-state index >= 15 is 0 Å². The lowest BCUT2D eigenvalue weighted by Crippen LogP contribution is -2.58. The molecule has 6 rings (SSSR count). The molecular weight excluding hydrogens is 851 g/mol. The van der Waals surface area contributed by atoms with Crippen molar-refractivity contribution >= 4 is 84.3 Å². The minimum Gasteiger partial charge on any atom is -0.494 e. The van der Waals surface area contributed by atoms with Gasteiger partial charge in [0.2, 0.25) is 27.7 Å². The molecule has 3 fully saturated rings. The van der Waals surface area contributed by atoms with Crippen molar-refractivity contribution in [2.75, 3.05) is 33.1 Å². The SMILES string of the molecule is COc1cnc(O[C@@H]2C[C@@H](C(=O)N[C@]3(C(=O)NS(=O)(=O)C4CC4)C[C@H]3I)N(C(=O)[C@@H](Nc3cccc(C(=O)N(C)C)c3)C(C)(C)C)C2)c2cc(Cl)ccc12. The van der Waals surface area contributed by atoms with Crippen molar-refractivity contribution in [3.63, 3.8) is 0 Å². The van der Waals surface area contributed by atoms with Gasteiger partial charge in [0.25, 0.3) is 11.8 Å². The molecule has 0 unspecified atom stereocenters. The van der Waals surface area contributed by atoms with Crippen molar-refractivity contribution < 1.29 is 37.1 Å². The van der Waals surface area contributed by atoms with Crippen LogP contribution in [0.4, 0.5) is 5.69 Å². The zero-order valence-corrected chi connectivity index (χ0v) is 34.5. The van der Waals surface area contributed by atoms with Crippen LogP contribution in [0, 0.1) is 5.41 Å². The predicted molar refractivity (Wildman–Crippen MR) is 213 cm³/mol. The molecule has 0 spiro atoms. The minimum absolute atomic E-state index is 0.0109. The molecule has 0 radical (unpaired) electrons. The van der Waals surface area contributed by atoms with Crippen LogP contribution < -0.4 is 24.8 Å². The van der Waals surface area contributed by atoms with E-state index in [9.17, 15) is 27.6 Å². The van der Waals surface area contributed by atoms with Crippen LogP contribution in [0.3, 0.4) is 0 Å². The monoisotopic (exact) mass is 894 g/mol. The number of carbonyl (C=O) groups is 4. The van der Waals surface area contributed by atoms with Gasteiger partial charge in [-0.05, 0) is 61.1 Å². The Hall–Kier alpha value is -3.90. The van der Waals surface area contributed by atoms with Gasteiger partial charge >= 0.3 is 0 Å². The highest BCUT2D eigenvalue weighted by atomic mass is 127. The van der Waals surface area contributed by atoms with E-state index < -0.39 is 62.1 Å². The van der Waals surface area contributed by atoms with Crippen LogP contribution in [-0.4, -0.2) is 107 Å². The number of nitrogens with one attached hydrogen (secondary N) is 3. The molecule has 2 heterocycles. The van der Waals surface area contributed by atoms with Gasteiger partial charge in [-0.3, -0.25) is 23.9 Å². The van der Waals surface area contributed by atoms with E-state index in [2.05, 4.69) is 20.3 Å². The number of methoxy groups -OCH3 is 1. The number of ether oxygens (including phenoxy) is 2. The zero-order valence-electron chi connectivity index (χ0n) is 30.8. The average Bonchev–Trinajstić information content (AvgIpc) is 4.03. The van der Waals surface area contributed by atoms with Crippen LogP contribution in [0.2, 0.25) is 5.02 Å². The first-order chi connectivity index (χ1) is 25.3. The number of carbonyl (C=O) groups excluding carboxylic acids is 4. The second-order valence-corrected chi connectivity index (χ2v) is 19.2. The second kappa shape index (κ2) is 15.0. The maximum Gasteiger partial charge on any atom is 0.260 e. The Kier molecular flexibility index (Phi) is 11.0. The number of rotatable bonds is 12. The van der Waals surface area contributed by atoms with Gasteiger partial charge in [-0.2, -0.15) is 0 Å². The van der Waals surface area contributed by atoms with E-state index in [0.717, 1.165) is 0 Å². The first kappa shape index (κ1) is 39.8. The topological polar surface area (TPSA) is 176 Å². The average molecular weight is 895 g/mol. The summed E-state index contributed by atoms with van der Waals surface area (Å²) in [6, 6.07) is 10.1. The summed E-state index contributed by atoms with van der Waals surface area (Å²) in [5.41, 5.74) is -1.18. The van der Waals surface area contributed by atoms with Crippen LogP contribution in [0.1, 0.15) is 56.8 Å². The fourth-order valence-corrected chi connectivity index (χ4v) is 9.23. The fraction of sp³-hybridized carbons (Fsp3) is 0.486. The van der Waals surface area contributed by atoms with E-state index in [1.165, 1.54) is 23.1 Å². The number of hydrogen-bond acceptors (Lipinski definition) is 10. The molecule has 0 bridgehead atoms. The summed E-state index contributed by atoms with van der Waals surface area (Å²) in [7, 11) is 0.968. The number of hydrogen-bond donors (Lipinski definition) is 3. The molecule has 3 aliphatic rings. The van der Waals surface area contributed by atoms with E-state index in [1.54, 1.807) is 56.6 Å². The maximum absolute atomic E-state index is 14.8. The van der Waals surface area contributed by atoms with Crippen molar-refractivity contribution in [2.24, 2.45) is 5.41 Å². The zero-order chi connectivity index (χ0) is 39.3. The molecule has 54 heavy (non-hydrogen) atoms. The van der Waals surface area contributed by atoms with E-state index in [4.69, 9.17) is 21.1 Å². The molecule has 14 nitrogen and oxygen atoms in total. The van der Waals surface area contributed by atoms with Crippen molar-refractivity contribution in [2.45, 2.75) is 79.4 Å². The standard InChI is InChI=1S/C37H44ClIN6O8S/c1-36(2,3)30(41-22-9-7-8-20(14-22)33(47)44(4)5)34(48)45-19-23(53-32-26-15-21(38)10-13-25(26)28(52-6)18-40-32)16-27(45)31(46)42-37(17-29(37)39)35(49)43-54(50,51)24-11-12-24/h7-10,13-15,18,23-24,27,29-30,41H,11-12,16-17,19H2,1-6H3,(H,42,46)(H,43,49)/t23-,27+,29-,30-,37-/m1/s1. The van der Waals surface area contributed by atoms with Gasteiger partial charge in [0.1, 0.15) is 29.5 Å². The lowest BCUT2D eigenvalue weighted by molar-refractivity contribution is -0.141. The molecule has 2 aliphatic carbocycles. The molecular formula is C37H44ClIN6O8S. The smallest absolute Gasteiger partial charge is 0.260 e. The second-order valence-electron chi connectivity index (χ2n) is 15.3. The highest BCUT2D eigenvalue weighted by Gasteiger charge is 2.62. The largest absolute Gasteiger partial charge is 0.494 e. The molecule has 1 saturated heterocycles. The molecule has 2 saturated carbocycles. The lowest BCUT2D eigenvalue weighted by atomic mass is 9.85. The van der Waals surface area contributed by atoms with Crippen LogP contribution in [0.5, 0.6) is 11.6 Å². The van der Waals surface area contributed by atoms with Crippen molar-refractivity contribution in [1.82, 2.24) is 24.8 Å². The molecule has 1 aliphatic heterocycles. The van der Waals surface area contributed by atoms with Gasteiger partial charge in [0, 0.05) is 51.5 Å². The van der Waals surface area contributed by atoms with E-state index in [0.29, 0.717) is 45.6 Å². The number of nitrogens with zero attached hydrogens (tertiary/aromatic N) is 3. The summed E-state index contributed by atoms with van der Waals surface area (Å²) < 4.78 is 39.1. The number of aromatic nitrogens is 1. The number of likely N-dealkylation sites (tertiary alicyclic amines) is 1. The van der Waals surface area contributed by atoms with Gasteiger partial charge < -0.3 is 29.9 Å². The van der Waals surface area contributed by atoms with Gasteiger partial charge in [-0.15, -0.1) is 0 Å². The molecule has 2 aromatic carbocycles. The number of pyridine rings is 1. The fourth-order valence-electron chi connectivity index (χ4n) is 6.57. The first-order valence-corrected chi connectivity index (χ1v) is 20.7. The maximum atomic E-state index is 14.8. The third-order valence-electron chi connectivity index (χ3n) is 9.89. The normalized spacial score (nSPS) is 23.0. The molecule has 5 atom stereocenters. The van der Waals surface area contributed by atoms with Crippen LogP contribution >= 0.6 is 34.2 Å². The van der Waals surface area contributed by atoms with Crippen molar-refractivity contribution in [1.29, 1.82) is 0 Å². The van der Waals surface area contributed by atoms with Crippen LogP contribution in [-0.2, 0) is 24.4 Å².